The van der Waals surface area contributed by atoms with E-state index in [-0.39, 0.29) is 86.7 Å². The second-order valence-corrected chi connectivity index (χ2v) is 10.2. The lowest BCUT2D eigenvalue weighted by Crippen LogP contribution is -2.06. The van der Waals surface area contributed by atoms with Gasteiger partial charge >= 0.3 is 0 Å². The number of nitro benzene ring substituents is 3. The van der Waals surface area contributed by atoms with Crippen LogP contribution < -0.4 is 0 Å². The number of phenolic OH excluding ortho intramolecular Hbond substituents is 4. The van der Waals surface area contributed by atoms with Gasteiger partial charge in [0.1, 0.15) is 23.0 Å². The number of hydrogen-bond donors (Lipinski definition) is 4. The molecule has 0 unspecified atom stereocenters. The predicted molar refractivity (Wildman–Crippen MR) is 148 cm³/mol. The van der Waals surface area contributed by atoms with E-state index >= 15 is 0 Å². The fraction of sp³-hybridized carbons (Fsp3) is 0.172. The van der Waals surface area contributed by atoms with Crippen molar-refractivity contribution in [1.82, 2.24) is 0 Å². The Labute approximate surface area is 237 Å². The number of rotatable bonds is 3. The monoisotopic (exact) mass is 573 g/mol. The van der Waals surface area contributed by atoms with Crippen molar-refractivity contribution in [3.63, 3.8) is 0 Å². The average Bonchev–Trinajstić information content (AvgIpc) is 2.89. The summed E-state index contributed by atoms with van der Waals surface area (Å²) in [6.07, 6.45) is -1.12. The molecule has 1 aliphatic carbocycles. The van der Waals surface area contributed by atoms with Gasteiger partial charge in [-0.2, -0.15) is 0 Å². The van der Waals surface area contributed by atoms with Crippen molar-refractivity contribution < 1.29 is 35.2 Å². The highest BCUT2D eigenvalue weighted by Crippen LogP contribution is 2.41. The molecule has 4 N–H and O–H groups in total. The van der Waals surface area contributed by atoms with Gasteiger partial charge in [-0.15, -0.1) is 0 Å². The van der Waals surface area contributed by atoms with E-state index in [1.807, 2.05) is 0 Å². The predicted octanol–water partition coefficient (Wildman–Crippen LogP) is 5.22. The molecular weight excluding hydrogens is 550 g/mol. The lowest BCUT2D eigenvalue weighted by atomic mass is 9.89. The summed E-state index contributed by atoms with van der Waals surface area (Å²) in [4.78, 5) is 33.8. The Balaban J connectivity index is 1.86. The first kappa shape index (κ1) is 27.8. The maximum atomic E-state index is 12.3. The first-order chi connectivity index (χ1) is 19.8. The maximum absolute atomic E-state index is 12.3. The molecule has 0 atom stereocenters. The van der Waals surface area contributed by atoms with Crippen molar-refractivity contribution in [2.45, 2.75) is 32.6 Å². The maximum Gasteiger partial charge on any atom is 0.276 e. The molecule has 1 aliphatic rings. The Hall–Kier alpha value is -5.72. The highest BCUT2D eigenvalue weighted by Gasteiger charge is 2.27. The van der Waals surface area contributed by atoms with E-state index in [2.05, 4.69) is 0 Å². The second-order valence-electron chi connectivity index (χ2n) is 10.2. The average molecular weight is 574 g/mol. The highest BCUT2D eigenvalue weighted by molar-refractivity contribution is 5.61. The largest absolute Gasteiger partial charge is 0.508 e. The molecule has 0 aromatic heterocycles. The third-order valence-electron chi connectivity index (χ3n) is 7.30. The number of nitrogens with zero attached hydrogens (tertiary/aromatic N) is 3. The molecule has 0 saturated carbocycles. The summed E-state index contributed by atoms with van der Waals surface area (Å²) in [7, 11) is 0. The van der Waals surface area contributed by atoms with E-state index in [4.69, 9.17) is 0 Å². The van der Waals surface area contributed by atoms with Crippen LogP contribution >= 0.6 is 0 Å². The van der Waals surface area contributed by atoms with Gasteiger partial charge in [0.05, 0.1) is 14.8 Å². The topological polar surface area (TPSA) is 210 Å². The molecule has 4 aromatic rings. The Morgan fingerprint density at radius 3 is 1.12 bits per heavy atom. The van der Waals surface area contributed by atoms with Crippen LogP contribution in [0.1, 0.15) is 50.1 Å². The van der Waals surface area contributed by atoms with Crippen LogP contribution in [-0.4, -0.2) is 35.2 Å². The van der Waals surface area contributed by atoms with Crippen LogP contribution in [0.5, 0.6) is 23.0 Å². The van der Waals surface area contributed by atoms with Crippen LogP contribution in [0.15, 0.2) is 48.5 Å². The van der Waals surface area contributed by atoms with Crippen LogP contribution in [0, 0.1) is 37.3 Å². The normalized spacial score (nSPS) is 12.5. The van der Waals surface area contributed by atoms with E-state index in [0.29, 0.717) is 5.56 Å². The smallest absolute Gasteiger partial charge is 0.276 e. The molecular formula is C29H23N3O10. The molecule has 4 aromatic carbocycles. The van der Waals surface area contributed by atoms with Crippen molar-refractivity contribution in [3.8, 4) is 23.0 Å². The van der Waals surface area contributed by atoms with Crippen molar-refractivity contribution in [2.24, 2.45) is 0 Å². The van der Waals surface area contributed by atoms with E-state index in [1.165, 1.54) is 6.07 Å². The summed E-state index contributed by atoms with van der Waals surface area (Å²) in [6, 6.07) is 9.87. The molecule has 0 fully saturated rings. The second kappa shape index (κ2) is 10.4. The van der Waals surface area contributed by atoms with Crippen LogP contribution in [-0.2, 0) is 25.7 Å². The van der Waals surface area contributed by atoms with E-state index < -0.39 is 38.3 Å². The Morgan fingerprint density at radius 2 is 0.810 bits per heavy atom. The molecule has 0 saturated heterocycles. The molecule has 214 valence electrons. The Kier molecular flexibility index (Phi) is 6.86. The van der Waals surface area contributed by atoms with Gasteiger partial charge < -0.3 is 20.4 Å². The number of benzene rings is 4. The minimum atomic E-state index is -0.719. The third kappa shape index (κ3) is 5.10. The minimum Gasteiger partial charge on any atom is -0.508 e. The van der Waals surface area contributed by atoms with Gasteiger partial charge in [0, 0.05) is 83.3 Å². The van der Waals surface area contributed by atoms with Gasteiger partial charge in [-0.05, 0) is 30.2 Å². The molecule has 0 aliphatic heterocycles. The highest BCUT2D eigenvalue weighted by atomic mass is 16.6. The summed E-state index contributed by atoms with van der Waals surface area (Å²) >= 11 is 0. The number of aromatic hydroxyl groups is 4. The number of fused-ring (bicyclic) bond motifs is 8. The summed E-state index contributed by atoms with van der Waals surface area (Å²) in [5.41, 5.74) is -0.0814. The third-order valence-corrected chi connectivity index (χ3v) is 7.30. The number of hydrogen-bond acceptors (Lipinski definition) is 10. The van der Waals surface area contributed by atoms with Crippen molar-refractivity contribution in [1.29, 1.82) is 0 Å². The Bertz CT molecular complexity index is 1830. The quantitative estimate of drug-likeness (QED) is 0.163. The SMILES string of the molecule is Cc1cc2c(O)c(c1)Cc1cc(O)cc(c1[N+](=O)[O-])Cc1cc([N+](=O)[O-])cc(c1O)Cc1cc([N+](=O)[O-])cc(c1O)C2. The lowest BCUT2D eigenvalue weighted by Gasteiger charge is -2.17. The summed E-state index contributed by atoms with van der Waals surface area (Å²) < 4.78 is 0. The molecule has 5 rings (SSSR count). The fourth-order valence-electron chi connectivity index (χ4n) is 5.50. The van der Waals surface area contributed by atoms with Gasteiger partial charge in [0.2, 0.25) is 0 Å². The minimum absolute atomic E-state index is 0.00830. The molecule has 0 radical (unpaired) electrons. The molecule has 13 nitrogen and oxygen atoms in total. The molecule has 8 bridgehead atoms. The van der Waals surface area contributed by atoms with Crippen molar-refractivity contribution in [2.75, 3.05) is 0 Å². The zero-order valence-corrected chi connectivity index (χ0v) is 22.0. The first-order valence-corrected chi connectivity index (χ1v) is 12.6. The molecule has 0 heterocycles. The van der Waals surface area contributed by atoms with Crippen LogP contribution in [0.4, 0.5) is 17.1 Å². The summed E-state index contributed by atoms with van der Waals surface area (Å²) in [5, 5.41) is 79.8. The van der Waals surface area contributed by atoms with Crippen LogP contribution in [0.25, 0.3) is 0 Å². The van der Waals surface area contributed by atoms with E-state index in [9.17, 15) is 50.8 Å². The summed E-state index contributed by atoms with van der Waals surface area (Å²) in [5.74, 6) is -1.37. The number of nitro groups is 3. The fourth-order valence-corrected chi connectivity index (χ4v) is 5.50. The zero-order valence-electron chi connectivity index (χ0n) is 22.0. The standard InChI is InChI=1S/C29H23N3O10/c1-14-2-17-4-15-12-25(33)13-16(26(15)32(41)42)5-19-8-23(30(37)38)10-21(28(19)35)7-22-11-24(31(39)40)9-20(29(22)36)6-18(3-14)27(17)34/h2-3,8-13,33-36H,4-7H2,1H3. The van der Waals surface area contributed by atoms with Crippen LogP contribution in [0.3, 0.4) is 0 Å². The number of non-ortho nitro benzene ring substituents is 2. The molecule has 42 heavy (non-hydrogen) atoms. The molecule has 0 amide bonds. The van der Waals surface area contributed by atoms with E-state index in [0.717, 1.165) is 30.3 Å². The van der Waals surface area contributed by atoms with Crippen molar-refractivity contribution >= 4 is 17.1 Å². The Morgan fingerprint density at radius 1 is 0.500 bits per heavy atom. The van der Waals surface area contributed by atoms with Crippen molar-refractivity contribution in [3.05, 3.63) is 129 Å². The van der Waals surface area contributed by atoms with Gasteiger partial charge in [0.25, 0.3) is 17.1 Å². The zero-order chi connectivity index (χ0) is 30.5. The molecule has 0 spiro atoms. The summed E-state index contributed by atoms with van der Waals surface area (Å²) in [6.45, 7) is 1.73. The van der Waals surface area contributed by atoms with Gasteiger partial charge in [-0.1, -0.05) is 17.7 Å². The number of phenols is 4. The van der Waals surface area contributed by atoms with Gasteiger partial charge in [0.15, 0.2) is 0 Å². The lowest BCUT2D eigenvalue weighted by molar-refractivity contribution is -0.386. The number of aryl methyl sites for hydroxylation is 1. The van der Waals surface area contributed by atoms with Gasteiger partial charge in [-0.25, -0.2) is 0 Å². The molecule has 13 heteroatoms. The van der Waals surface area contributed by atoms with Gasteiger partial charge in [-0.3, -0.25) is 30.3 Å². The van der Waals surface area contributed by atoms with E-state index in [1.54, 1.807) is 19.1 Å². The first-order valence-electron chi connectivity index (χ1n) is 12.6. The van der Waals surface area contributed by atoms with Crippen LogP contribution in [0.2, 0.25) is 0 Å².